The Hall–Kier alpha value is -3.81. The predicted molar refractivity (Wildman–Crippen MR) is 111 cm³/mol. The monoisotopic (exact) mass is 403 g/mol. The number of carboxylic acid groups (broad SMARTS) is 1. The van der Waals surface area contributed by atoms with Crippen LogP contribution in [-0.4, -0.2) is 63.0 Å². The number of nitrogens with zero attached hydrogens (tertiary/aromatic N) is 5. The molecule has 30 heavy (non-hydrogen) atoms. The van der Waals surface area contributed by atoms with E-state index in [1.165, 1.54) is 12.3 Å². The molecule has 1 aliphatic rings. The van der Waals surface area contributed by atoms with Crippen LogP contribution in [0.4, 0.5) is 5.95 Å². The Bertz CT molecular complexity index is 1040. The Kier molecular flexibility index (Phi) is 5.65. The summed E-state index contributed by atoms with van der Waals surface area (Å²) >= 11 is 0. The van der Waals surface area contributed by atoms with Gasteiger partial charge in [-0.15, -0.1) is 0 Å². The number of carboxylic acids is 1. The zero-order chi connectivity index (χ0) is 20.9. The lowest BCUT2D eigenvalue weighted by atomic mass is 10.0. The maximum absolute atomic E-state index is 13.0. The van der Waals surface area contributed by atoms with Crippen LogP contribution in [0.2, 0.25) is 0 Å². The number of hydrogen-bond acceptors (Lipinski definition) is 6. The summed E-state index contributed by atoms with van der Waals surface area (Å²) in [4.78, 5) is 41.2. The van der Waals surface area contributed by atoms with Crippen molar-refractivity contribution in [2.45, 2.75) is 6.42 Å². The van der Waals surface area contributed by atoms with Gasteiger partial charge >= 0.3 is 5.97 Å². The van der Waals surface area contributed by atoms with Gasteiger partial charge in [-0.3, -0.25) is 9.78 Å². The van der Waals surface area contributed by atoms with E-state index in [9.17, 15) is 14.7 Å². The number of carbonyl (C=O) groups excluding carboxylic acids is 1. The number of pyridine rings is 1. The molecule has 0 atom stereocenters. The van der Waals surface area contributed by atoms with Crippen molar-refractivity contribution in [3.05, 3.63) is 72.2 Å². The topological polar surface area (TPSA) is 99.5 Å². The van der Waals surface area contributed by atoms with Gasteiger partial charge in [0.25, 0.3) is 5.91 Å². The summed E-state index contributed by atoms with van der Waals surface area (Å²) in [5.41, 5.74) is 1.71. The van der Waals surface area contributed by atoms with Gasteiger partial charge in [-0.1, -0.05) is 18.2 Å². The highest BCUT2D eigenvalue weighted by Gasteiger charge is 2.22. The molecule has 8 heteroatoms. The van der Waals surface area contributed by atoms with Crippen molar-refractivity contribution in [2.24, 2.45) is 0 Å². The third-order valence-electron chi connectivity index (χ3n) is 5.06. The second kappa shape index (κ2) is 8.69. The molecule has 1 N–H and O–H groups in total. The normalized spacial score (nSPS) is 14.3. The molecule has 0 saturated carbocycles. The summed E-state index contributed by atoms with van der Waals surface area (Å²) in [6, 6.07) is 11.9. The van der Waals surface area contributed by atoms with Crippen molar-refractivity contribution in [1.29, 1.82) is 0 Å². The lowest BCUT2D eigenvalue weighted by Gasteiger charge is -2.22. The van der Waals surface area contributed by atoms with E-state index in [0.717, 1.165) is 13.0 Å². The summed E-state index contributed by atoms with van der Waals surface area (Å²) in [5, 5.41) is 9.37. The van der Waals surface area contributed by atoms with E-state index >= 15 is 0 Å². The van der Waals surface area contributed by atoms with Gasteiger partial charge in [0.1, 0.15) is 0 Å². The van der Waals surface area contributed by atoms with E-state index in [2.05, 4.69) is 19.9 Å². The molecule has 0 spiro atoms. The SMILES string of the molecule is O=C(O)c1ccccc1-c1ccc(C(=O)N2CCCN(c3ncccn3)CC2)cn1. The van der Waals surface area contributed by atoms with E-state index in [4.69, 9.17) is 0 Å². The van der Waals surface area contributed by atoms with Gasteiger partial charge in [-0.2, -0.15) is 0 Å². The van der Waals surface area contributed by atoms with Crippen LogP contribution >= 0.6 is 0 Å². The molecule has 0 radical (unpaired) electrons. The molecular formula is C22H21N5O3. The first kappa shape index (κ1) is 19.5. The fourth-order valence-electron chi connectivity index (χ4n) is 3.53. The second-order valence-corrected chi connectivity index (χ2v) is 6.96. The van der Waals surface area contributed by atoms with E-state index in [1.807, 2.05) is 4.90 Å². The van der Waals surface area contributed by atoms with Crippen LogP contribution in [-0.2, 0) is 0 Å². The lowest BCUT2D eigenvalue weighted by Crippen LogP contribution is -2.35. The molecule has 4 rings (SSSR count). The van der Waals surface area contributed by atoms with Crippen LogP contribution in [0.1, 0.15) is 27.1 Å². The molecule has 3 aromatic rings. The van der Waals surface area contributed by atoms with Gasteiger partial charge in [-0.05, 0) is 30.7 Å². The van der Waals surface area contributed by atoms with Crippen LogP contribution in [0, 0.1) is 0 Å². The fraction of sp³-hybridized carbons (Fsp3) is 0.227. The van der Waals surface area contributed by atoms with Crippen molar-refractivity contribution in [1.82, 2.24) is 19.9 Å². The van der Waals surface area contributed by atoms with Crippen molar-refractivity contribution < 1.29 is 14.7 Å². The minimum atomic E-state index is -1.01. The Morgan fingerprint density at radius 3 is 2.40 bits per heavy atom. The van der Waals surface area contributed by atoms with Crippen molar-refractivity contribution in [3.63, 3.8) is 0 Å². The number of benzene rings is 1. The predicted octanol–water partition coefficient (Wildman–Crippen LogP) is 2.59. The van der Waals surface area contributed by atoms with E-state index in [1.54, 1.807) is 48.8 Å². The molecule has 8 nitrogen and oxygen atoms in total. The number of carbonyl (C=O) groups is 2. The number of aromatic nitrogens is 3. The average Bonchev–Trinajstić information content (AvgIpc) is 3.06. The van der Waals surface area contributed by atoms with Gasteiger partial charge in [0.2, 0.25) is 5.95 Å². The van der Waals surface area contributed by atoms with Crippen LogP contribution < -0.4 is 4.90 Å². The highest BCUT2D eigenvalue weighted by atomic mass is 16.4. The number of rotatable bonds is 4. The van der Waals surface area contributed by atoms with Crippen LogP contribution in [0.25, 0.3) is 11.3 Å². The summed E-state index contributed by atoms with van der Waals surface area (Å²) in [7, 11) is 0. The minimum Gasteiger partial charge on any atom is -0.478 e. The Morgan fingerprint density at radius 2 is 1.67 bits per heavy atom. The lowest BCUT2D eigenvalue weighted by molar-refractivity contribution is 0.0696. The first-order valence-electron chi connectivity index (χ1n) is 9.73. The maximum Gasteiger partial charge on any atom is 0.336 e. The molecule has 2 aromatic heterocycles. The number of amides is 1. The smallest absolute Gasteiger partial charge is 0.336 e. The largest absolute Gasteiger partial charge is 0.478 e. The Balaban J connectivity index is 1.47. The van der Waals surface area contributed by atoms with Crippen molar-refractivity contribution in [3.8, 4) is 11.3 Å². The standard InChI is InChI=1S/C22H21N5O3/c28-20(26-11-4-12-27(14-13-26)22-23-9-3-10-24-22)16-7-8-19(25-15-16)17-5-1-2-6-18(17)21(29)30/h1-3,5-10,15H,4,11-14H2,(H,29,30). The molecule has 1 amide bonds. The third kappa shape index (κ3) is 4.12. The molecule has 152 valence electrons. The van der Waals surface area contributed by atoms with Crippen LogP contribution in [0.5, 0.6) is 0 Å². The van der Waals surface area contributed by atoms with Gasteiger partial charge in [0.05, 0.1) is 16.8 Å². The molecule has 0 bridgehead atoms. The van der Waals surface area contributed by atoms with Crippen LogP contribution in [0.15, 0.2) is 61.1 Å². The summed E-state index contributed by atoms with van der Waals surface area (Å²) in [6.45, 7) is 2.66. The van der Waals surface area contributed by atoms with Gasteiger partial charge < -0.3 is 14.9 Å². The zero-order valence-corrected chi connectivity index (χ0v) is 16.3. The third-order valence-corrected chi connectivity index (χ3v) is 5.06. The summed E-state index contributed by atoms with van der Waals surface area (Å²) in [6.07, 6.45) is 5.76. The van der Waals surface area contributed by atoms with Gasteiger partial charge in [0.15, 0.2) is 0 Å². The van der Waals surface area contributed by atoms with E-state index in [-0.39, 0.29) is 11.5 Å². The van der Waals surface area contributed by atoms with Crippen LogP contribution in [0.3, 0.4) is 0 Å². The summed E-state index contributed by atoms with van der Waals surface area (Å²) < 4.78 is 0. The van der Waals surface area contributed by atoms with Crippen molar-refractivity contribution in [2.75, 3.05) is 31.1 Å². The Labute approximate surface area is 173 Å². The van der Waals surface area contributed by atoms with E-state index < -0.39 is 5.97 Å². The quantitative estimate of drug-likeness (QED) is 0.715. The molecule has 1 fully saturated rings. The molecule has 0 unspecified atom stereocenters. The molecule has 1 aliphatic heterocycles. The average molecular weight is 403 g/mol. The van der Waals surface area contributed by atoms with Gasteiger partial charge in [-0.25, -0.2) is 14.8 Å². The van der Waals surface area contributed by atoms with Gasteiger partial charge in [0, 0.05) is 50.3 Å². The Morgan fingerprint density at radius 1 is 0.867 bits per heavy atom. The molecule has 1 aromatic carbocycles. The maximum atomic E-state index is 13.0. The molecule has 3 heterocycles. The summed E-state index contributed by atoms with van der Waals surface area (Å²) in [5.74, 6) is -0.421. The molecule has 1 saturated heterocycles. The highest BCUT2D eigenvalue weighted by molar-refractivity contribution is 5.96. The zero-order valence-electron chi connectivity index (χ0n) is 16.3. The molecular weight excluding hydrogens is 382 g/mol. The second-order valence-electron chi connectivity index (χ2n) is 6.96. The number of hydrogen-bond donors (Lipinski definition) is 1. The number of anilines is 1. The first-order valence-corrected chi connectivity index (χ1v) is 9.73. The fourth-order valence-corrected chi connectivity index (χ4v) is 3.53. The molecule has 0 aliphatic carbocycles. The van der Waals surface area contributed by atoms with E-state index in [0.29, 0.717) is 42.4 Å². The minimum absolute atomic E-state index is 0.0867. The van der Waals surface area contributed by atoms with Crippen molar-refractivity contribution >= 4 is 17.8 Å². The first-order chi connectivity index (χ1) is 14.6. The highest BCUT2D eigenvalue weighted by Crippen LogP contribution is 2.22. The number of aromatic carboxylic acids is 1.